The van der Waals surface area contributed by atoms with E-state index in [2.05, 4.69) is 25.2 Å². The minimum Gasteiger partial charge on any atom is -0.349 e. The molecule has 0 saturated heterocycles. The fraction of sp³-hybridized carbons (Fsp3) is 0.429. The molecule has 4 rings (SSSR count). The minimum absolute atomic E-state index is 0.0233. The second kappa shape index (κ2) is 7.96. The molecule has 7 nitrogen and oxygen atoms in total. The Labute approximate surface area is 164 Å². The van der Waals surface area contributed by atoms with Gasteiger partial charge < -0.3 is 9.88 Å². The van der Waals surface area contributed by atoms with E-state index in [0.717, 1.165) is 60.1 Å². The van der Waals surface area contributed by atoms with Crippen LogP contribution in [0.3, 0.4) is 0 Å². The lowest BCUT2D eigenvalue weighted by Crippen LogP contribution is -2.27. The van der Waals surface area contributed by atoms with Crippen LogP contribution in [0.25, 0.3) is 5.69 Å². The molecule has 146 valence electrons. The number of aromatic nitrogens is 5. The lowest BCUT2D eigenvalue weighted by Gasteiger charge is -2.09. The van der Waals surface area contributed by atoms with Crippen LogP contribution < -0.4 is 5.32 Å². The average Bonchev–Trinajstić information content (AvgIpc) is 3.11. The van der Waals surface area contributed by atoms with Crippen LogP contribution in [0.2, 0.25) is 0 Å². The first-order chi connectivity index (χ1) is 13.6. The summed E-state index contributed by atoms with van der Waals surface area (Å²) in [5.41, 5.74) is 3.85. The molecule has 1 aliphatic rings. The number of fused-ring (bicyclic) bond motifs is 1. The minimum atomic E-state index is -0.0233. The van der Waals surface area contributed by atoms with Gasteiger partial charge in [-0.1, -0.05) is 24.6 Å². The second-order valence-electron chi connectivity index (χ2n) is 7.34. The molecule has 1 aliphatic heterocycles. The van der Waals surface area contributed by atoms with E-state index in [9.17, 15) is 4.79 Å². The molecule has 0 saturated carbocycles. The molecule has 0 fully saturated rings. The highest BCUT2D eigenvalue weighted by molar-refractivity contribution is 5.79. The van der Waals surface area contributed by atoms with Crippen LogP contribution >= 0.6 is 0 Å². The van der Waals surface area contributed by atoms with Gasteiger partial charge in [0.2, 0.25) is 5.91 Å². The number of hydrogen-bond acceptors (Lipinski definition) is 4. The summed E-state index contributed by atoms with van der Waals surface area (Å²) in [5.74, 6) is 1.86. The summed E-state index contributed by atoms with van der Waals surface area (Å²) in [6.45, 7) is 5.31. The Morgan fingerprint density at radius 1 is 1.11 bits per heavy atom. The van der Waals surface area contributed by atoms with Gasteiger partial charge in [0.1, 0.15) is 5.82 Å². The number of aryl methyl sites for hydroxylation is 2. The van der Waals surface area contributed by atoms with Gasteiger partial charge in [-0.15, -0.1) is 10.2 Å². The maximum atomic E-state index is 12.6. The van der Waals surface area contributed by atoms with E-state index in [-0.39, 0.29) is 5.91 Å². The predicted molar refractivity (Wildman–Crippen MR) is 106 cm³/mol. The van der Waals surface area contributed by atoms with E-state index in [0.29, 0.717) is 13.0 Å². The highest BCUT2D eigenvalue weighted by atomic mass is 16.1. The van der Waals surface area contributed by atoms with Crippen molar-refractivity contribution in [1.82, 2.24) is 29.9 Å². The first-order valence-corrected chi connectivity index (χ1v) is 9.91. The van der Waals surface area contributed by atoms with Gasteiger partial charge in [-0.25, -0.2) is 4.68 Å². The van der Waals surface area contributed by atoms with Crippen LogP contribution in [0.1, 0.15) is 47.9 Å². The molecule has 28 heavy (non-hydrogen) atoms. The molecular formula is C21H26N6O. The van der Waals surface area contributed by atoms with Crippen molar-refractivity contribution < 1.29 is 4.79 Å². The number of hydrogen-bond donors (Lipinski definition) is 1. The normalized spacial score (nSPS) is 13.8. The Balaban J connectivity index is 1.44. The van der Waals surface area contributed by atoms with E-state index in [1.165, 1.54) is 6.42 Å². The summed E-state index contributed by atoms with van der Waals surface area (Å²) in [7, 11) is 0. The number of nitrogens with one attached hydrogen (secondary N) is 1. The van der Waals surface area contributed by atoms with Crippen molar-refractivity contribution in [3.8, 4) is 5.69 Å². The molecule has 3 heterocycles. The molecular weight excluding hydrogens is 352 g/mol. The topological polar surface area (TPSA) is 77.6 Å². The van der Waals surface area contributed by atoms with E-state index in [1.54, 1.807) is 0 Å². The maximum Gasteiger partial charge on any atom is 0.224 e. The third-order valence-corrected chi connectivity index (χ3v) is 5.41. The monoisotopic (exact) mass is 378 g/mol. The third-order valence-electron chi connectivity index (χ3n) is 5.41. The largest absolute Gasteiger partial charge is 0.349 e. The average molecular weight is 378 g/mol. The Bertz CT molecular complexity index is 972. The number of para-hydroxylation sites is 1. The zero-order valence-corrected chi connectivity index (χ0v) is 16.5. The smallest absolute Gasteiger partial charge is 0.224 e. The highest BCUT2D eigenvalue weighted by Crippen LogP contribution is 2.18. The number of benzene rings is 1. The molecule has 1 N–H and O–H groups in total. The first kappa shape index (κ1) is 18.4. The summed E-state index contributed by atoms with van der Waals surface area (Å²) in [6.07, 6.45) is 4.81. The number of nitrogens with zero attached hydrogens (tertiary/aromatic N) is 5. The van der Waals surface area contributed by atoms with Crippen molar-refractivity contribution in [1.29, 1.82) is 0 Å². The van der Waals surface area contributed by atoms with Crippen molar-refractivity contribution in [2.24, 2.45) is 0 Å². The first-order valence-electron chi connectivity index (χ1n) is 9.91. The lowest BCUT2D eigenvalue weighted by atomic mass is 10.1. The molecule has 1 aromatic carbocycles. The van der Waals surface area contributed by atoms with Crippen LogP contribution in [-0.2, 0) is 30.7 Å². The van der Waals surface area contributed by atoms with E-state index in [1.807, 2.05) is 48.9 Å². The Morgan fingerprint density at radius 3 is 2.75 bits per heavy atom. The molecule has 0 radical (unpaired) electrons. The van der Waals surface area contributed by atoms with Crippen LogP contribution in [0, 0.1) is 13.8 Å². The summed E-state index contributed by atoms with van der Waals surface area (Å²) in [5, 5.41) is 16.2. The molecule has 0 spiro atoms. The van der Waals surface area contributed by atoms with Gasteiger partial charge in [0, 0.05) is 24.2 Å². The molecule has 0 aliphatic carbocycles. The molecule has 3 aromatic rings. The van der Waals surface area contributed by atoms with Crippen LogP contribution in [0.4, 0.5) is 0 Å². The Morgan fingerprint density at radius 2 is 1.93 bits per heavy atom. The second-order valence-corrected chi connectivity index (χ2v) is 7.34. The fourth-order valence-electron chi connectivity index (χ4n) is 3.83. The number of carbonyl (C=O) groups is 1. The van der Waals surface area contributed by atoms with Gasteiger partial charge in [-0.05, 0) is 38.8 Å². The van der Waals surface area contributed by atoms with Crippen LogP contribution in [-0.4, -0.2) is 30.5 Å². The van der Waals surface area contributed by atoms with Gasteiger partial charge >= 0.3 is 0 Å². The zero-order valence-electron chi connectivity index (χ0n) is 16.5. The highest BCUT2D eigenvalue weighted by Gasteiger charge is 2.18. The maximum absolute atomic E-state index is 12.6. The van der Waals surface area contributed by atoms with Crippen LogP contribution in [0.15, 0.2) is 30.3 Å². The number of rotatable bonds is 5. The summed E-state index contributed by atoms with van der Waals surface area (Å²) < 4.78 is 4.06. The Kier molecular flexibility index (Phi) is 5.23. The van der Waals surface area contributed by atoms with Crippen molar-refractivity contribution in [2.75, 3.05) is 0 Å². The third kappa shape index (κ3) is 3.69. The van der Waals surface area contributed by atoms with Gasteiger partial charge in [0.25, 0.3) is 0 Å². The van der Waals surface area contributed by atoms with E-state index >= 15 is 0 Å². The summed E-state index contributed by atoms with van der Waals surface area (Å²) in [6, 6.07) is 9.98. The summed E-state index contributed by atoms with van der Waals surface area (Å²) in [4.78, 5) is 12.6. The van der Waals surface area contributed by atoms with Crippen molar-refractivity contribution in [3.63, 3.8) is 0 Å². The van der Waals surface area contributed by atoms with E-state index in [4.69, 9.17) is 0 Å². The molecule has 2 aromatic heterocycles. The van der Waals surface area contributed by atoms with Crippen molar-refractivity contribution in [2.45, 2.75) is 59.0 Å². The zero-order chi connectivity index (χ0) is 19.5. The van der Waals surface area contributed by atoms with Gasteiger partial charge in [0.05, 0.1) is 24.3 Å². The van der Waals surface area contributed by atoms with E-state index < -0.39 is 0 Å². The molecule has 7 heteroatoms. The Hall–Kier alpha value is -2.96. The number of amides is 1. The van der Waals surface area contributed by atoms with Gasteiger partial charge in [0.15, 0.2) is 5.82 Å². The summed E-state index contributed by atoms with van der Waals surface area (Å²) >= 11 is 0. The van der Waals surface area contributed by atoms with Crippen LogP contribution in [0.5, 0.6) is 0 Å². The SMILES string of the molecule is Cc1nn(-c2ccccc2)c(C)c1CC(=O)NCc1nnc2n1CCCCC2. The van der Waals surface area contributed by atoms with Crippen molar-refractivity contribution in [3.05, 3.63) is 58.9 Å². The van der Waals surface area contributed by atoms with Gasteiger partial charge in [-0.3, -0.25) is 4.79 Å². The standard InChI is InChI=1S/C21H26N6O/c1-15-18(16(2)27(25-15)17-9-5-3-6-10-17)13-21(28)22-14-20-24-23-19-11-7-4-8-12-26(19)20/h3,5-6,9-10H,4,7-8,11-14H2,1-2H3,(H,22,28). The molecule has 0 unspecified atom stereocenters. The fourth-order valence-corrected chi connectivity index (χ4v) is 3.83. The van der Waals surface area contributed by atoms with Crippen molar-refractivity contribution >= 4 is 5.91 Å². The molecule has 0 atom stereocenters. The predicted octanol–water partition coefficient (Wildman–Crippen LogP) is 2.67. The molecule has 0 bridgehead atoms. The van der Waals surface area contributed by atoms with Gasteiger partial charge in [-0.2, -0.15) is 5.10 Å². The molecule has 1 amide bonds. The lowest BCUT2D eigenvalue weighted by molar-refractivity contribution is -0.120. The number of carbonyl (C=O) groups excluding carboxylic acids is 1. The quantitative estimate of drug-likeness (QED) is 0.740.